The highest BCUT2D eigenvalue weighted by molar-refractivity contribution is 7.45. The molecule has 0 fully saturated rings. The van der Waals surface area contributed by atoms with Gasteiger partial charge in [-0.15, -0.1) is 0 Å². The number of nitrogens with one attached hydrogen (secondary N) is 2. The van der Waals surface area contributed by atoms with Crippen LogP contribution in [0.2, 0.25) is 0 Å². The van der Waals surface area contributed by atoms with Gasteiger partial charge in [0.1, 0.15) is 19.3 Å². The van der Waals surface area contributed by atoms with Crippen molar-refractivity contribution in [1.82, 2.24) is 10.6 Å². The Morgan fingerprint density at radius 2 is 1.40 bits per heavy atom. The molecule has 0 saturated heterocycles. The molecule has 0 aliphatic heterocycles. The van der Waals surface area contributed by atoms with Crippen LogP contribution in [0.1, 0.15) is 102 Å². The molecule has 1 aromatic rings. The standard InChI is InChI=1S/C33H62N3O6P/c1-5-6-7-8-9-10-11-12-13-14-15-16-17-21-27-40-30-32(42-43(38,39)41-28-26-36(2,3)4)29-35-33(37)34-25-24-31-22-19-18-20-23-31/h18-20,22-23,32H,5-17,21,24-30H2,1-4H3,(H2-,34,35,37,38,39). The first kappa shape index (κ1) is 39.5. The van der Waals surface area contributed by atoms with Gasteiger partial charge in [0.15, 0.2) is 0 Å². The molecule has 0 aliphatic rings. The summed E-state index contributed by atoms with van der Waals surface area (Å²) in [6, 6.07) is 9.49. The van der Waals surface area contributed by atoms with Crippen molar-refractivity contribution in [2.75, 3.05) is 60.6 Å². The third kappa shape index (κ3) is 25.5. The number of quaternary nitrogens is 1. The van der Waals surface area contributed by atoms with Crippen molar-refractivity contribution in [2.24, 2.45) is 0 Å². The van der Waals surface area contributed by atoms with Gasteiger partial charge in [0.2, 0.25) is 0 Å². The molecule has 250 valence electrons. The topological polar surface area (TPSA) is 109 Å². The second-order valence-electron chi connectivity index (χ2n) is 12.6. The van der Waals surface area contributed by atoms with E-state index in [9.17, 15) is 14.3 Å². The fraction of sp³-hybridized carbons (Fsp3) is 0.788. The number of ether oxygens (including phenoxy) is 1. The molecule has 1 aromatic carbocycles. The number of phosphoric ester groups is 1. The van der Waals surface area contributed by atoms with Crippen molar-refractivity contribution >= 4 is 13.9 Å². The largest absolute Gasteiger partial charge is 0.756 e. The summed E-state index contributed by atoms with van der Waals surface area (Å²) in [6.45, 7) is 3.81. The number of rotatable bonds is 28. The van der Waals surface area contributed by atoms with E-state index in [0.29, 0.717) is 30.6 Å². The number of nitrogens with zero attached hydrogens (tertiary/aromatic N) is 1. The lowest BCUT2D eigenvalue weighted by atomic mass is 10.0. The fourth-order valence-electron chi connectivity index (χ4n) is 4.61. The predicted molar refractivity (Wildman–Crippen MR) is 174 cm³/mol. The highest BCUT2D eigenvalue weighted by atomic mass is 31.2. The maximum atomic E-state index is 12.5. The summed E-state index contributed by atoms with van der Waals surface area (Å²) in [4.78, 5) is 24.8. The number of urea groups is 1. The number of hydrogen-bond acceptors (Lipinski definition) is 6. The quantitative estimate of drug-likeness (QED) is 0.0616. The lowest BCUT2D eigenvalue weighted by molar-refractivity contribution is -0.870. The summed E-state index contributed by atoms with van der Waals surface area (Å²) in [5, 5.41) is 5.50. The van der Waals surface area contributed by atoms with Crippen molar-refractivity contribution in [1.29, 1.82) is 0 Å². The minimum absolute atomic E-state index is 0.0131. The Labute approximate surface area is 262 Å². The van der Waals surface area contributed by atoms with Crippen molar-refractivity contribution in [2.45, 2.75) is 109 Å². The van der Waals surface area contributed by atoms with Gasteiger partial charge in [-0.05, 0) is 18.4 Å². The van der Waals surface area contributed by atoms with Crippen molar-refractivity contribution in [3.8, 4) is 0 Å². The Bertz CT molecular complexity index is 853. The van der Waals surface area contributed by atoms with E-state index >= 15 is 0 Å². The molecule has 0 aliphatic carbocycles. The molecule has 0 aromatic heterocycles. The number of amides is 2. The zero-order chi connectivity index (χ0) is 31.7. The lowest BCUT2D eigenvalue weighted by Gasteiger charge is -2.30. The van der Waals surface area contributed by atoms with E-state index < -0.39 is 13.9 Å². The molecule has 0 radical (unpaired) electrons. The highest BCUT2D eigenvalue weighted by Crippen LogP contribution is 2.39. The summed E-state index contributed by atoms with van der Waals surface area (Å²) in [5.41, 5.74) is 1.12. The van der Waals surface area contributed by atoms with Gasteiger partial charge in [0, 0.05) is 19.7 Å². The first-order chi connectivity index (χ1) is 20.6. The maximum Gasteiger partial charge on any atom is 0.314 e. The van der Waals surface area contributed by atoms with E-state index in [1.807, 2.05) is 51.5 Å². The van der Waals surface area contributed by atoms with Crippen LogP contribution >= 0.6 is 7.82 Å². The third-order valence-corrected chi connectivity index (χ3v) is 8.32. The Morgan fingerprint density at radius 3 is 1.95 bits per heavy atom. The second-order valence-corrected chi connectivity index (χ2v) is 13.9. The van der Waals surface area contributed by atoms with E-state index in [1.54, 1.807) is 0 Å². The Hall–Kier alpha value is -1.48. The molecule has 10 heteroatoms. The average molecular weight is 628 g/mol. The molecular weight excluding hydrogens is 565 g/mol. The molecule has 2 amide bonds. The van der Waals surface area contributed by atoms with Crippen LogP contribution in [-0.4, -0.2) is 77.2 Å². The van der Waals surface area contributed by atoms with E-state index in [-0.39, 0.29) is 25.8 Å². The number of benzene rings is 1. The number of likely N-dealkylation sites (N-methyl/N-ethyl adjacent to an activating group) is 1. The van der Waals surface area contributed by atoms with Gasteiger partial charge in [0.05, 0.1) is 27.7 Å². The van der Waals surface area contributed by atoms with Gasteiger partial charge in [0.25, 0.3) is 7.82 Å². The molecule has 2 atom stereocenters. The van der Waals surface area contributed by atoms with Crippen molar-refractivity contribution < 1.29 is 32.5 Å². The summed E-state index contributed by atoms with van der Waals surface area (Å²) >= 11 is 0. The SMILES string of the molecule is CCCCCCCCCCCCCCCCOCC(CNC(=O)NCCc1ccccc1)OP(=O)([O-])OCC[N+](C)(C)C. The van der Waals surface area contributed by atoms with Crippen LogP contribution in [0, 0.1) is 0 Å². The number of hydrogen-bond donors (Lipinski definition) is 2. The summed E-state index contributed by atoms with van der Waals surface area (Å²) < 4.78 is 29.2. The van der Waals surface area contributed by atoms with E-state index in [1.165, 1.54) is 77.0 Å². The van der Waals surface area contributed by atoms with Crippen LogP contribution in [-0.2, 0) is 24.8 Å². The zero-order valence-corrected chi connectivity index (χ0v) is 28.6. The molecular formula is C33H62N3O6P. The Balaban J connectivity index is 2.27. The van der Waals surface area contributed by atoms with Crippen LogP contribution in [0.25, 0.3) is 0 Å². The first-order valence-electron chi connectivity index (χ1n) is 16.7. The molecule has 0 heterocycles. The Morgan fingerprint density at radius 1 is 0.837 bits per heavy atom. The number of phosphoric acid groups is 1. The van der Waals surface area contributed by atoms with E-state index in [2.05, 4.69) is 17.6 Å². The van der Waals surface area contributed by atoms with Gasteiger partial charge in [-0.1, -0.05) is 121 Å². The highest BCUT2D eigenvalue weighted by Gasteiger charge is 2.21. The van der Waals surface area contributed by atoms with Crippen molar-refractivity contribution in [3.63, 3.8) is 0 Å². The predicted octanol–water partition coefficient (Wildman–Crippen LogP) is 6.60. The smallest absolute Gasteiger partial charge is 0.314 e. The Kier molecular flexibility index (Phi) is 22.8. The van der Waals surface area contributed by atoms with E-state index in [0.717, 1.165) is 18.4 Å². The summed E-state index contributed by atoms with van der Waals surface area (Å²) in [5.74, 6) is 0. The molecule has 0 bridgehead atoms. The van der Waals surface area contributed by atoms with Gasteiger partial charge in [-0.3, -0.25) is 4.57 Å². The van der Waals surface area contributed by atoms with Gasteiger partial charge >= 0.3 is 6.03 Å². The minimum Gasteiger partial charge on any atom is -0.756 e. The maximum absolute atomic E-state index is 12.5. The molecule has 1 rings (SSSR count). The molecule has 0 saturated carbocycles. The molecule has 2 N–H and O–H groups in total. The zero-order valence-electron chi connectivity index (χ0n) is 27.7. The number of unbranched alkanes of at least 4 members (excludes halogenated alkanes) is 13. The van der Waals surface area contributed by atoms with Crippen LogP contribution in [0.3, 0.4) is 0 Å². The molecule has 9 nitrogen and oxygen atoms in total. The van der Waals surface area contributed by atoms with Crippen LogP contribution in [0.4, 0.5) is 4.79 Å². The average Bonchev–Trinajstić information content (AvgIpc) is 2.95. The van der Waals surface area contributed by atoms with Crippen molar-refractivity contribution in [3.05, 3.63) is 35.9 Å². The molecule has 43 heavy (non-hydrogen) atoms. The number of carbonyl (C=O) groups excluding carboxylic acids is 1. The number of carbonyl (C=O) groups is 1. The van der Waals surface area contributed by atoms with Gasteiger partial charge < -0.3 is 33.8 Å². The summed E-state index contributed by atoms with van der Waals surface area (Å²) in [6.07, 6.45) is 17.8. The normalized spacial score (nSPS) is 13.9. The fourth-order valence-corrected chi connectivity index (χ4v) is 5.48. The minimum atomic E-state index is -4.56. The van der Waals surface area contributed by atoms with Crippen LogP contribution in [0.15, 0.2) is 30.3 Å². The lowest BCUT2D eigenvalue weighted by Crippen LogP contribution is -2.42. The van der Waals surface area contributed by atoms with Crippen LogP contribution < -0.4 is 15.5 Å². The van der Waals surface area contributed by atoms with Crippen LogP contribution in [0.5, 0.6) is 0 Å². The third-order valence-electron chi connectivity index (χ3n) is 7.27. The second kappa shape index (κ2) is 24.8. The molecule has 0 spiro atoms. The van der Waals surface area contributed by atoms with E-state index in [4.69, 9.17) is 13.8 Å². The summed E-state index contributed by atoms with van der Waals surface area (Å²) in [7, 11) is 1.30. The molecule has 2 unspecified atom stereocenters. The first-order valence-corrected chi connectivity index (χ1v) is 18.1. The monoisotopic (exact) mass is 627 g/mol. The van der Waals surface area contributed by atoms with Gasteiger partial charge in [-0.2, -0.15) is 0 Å². The van der Waals surface area contributed by atoms with Gasteiger partial charge in [-0.25, -0.2) is 4.79 Å².